The molecule has 1 amide bonds. The number of carbonyl (C=O) groups is 1. The van der Waals surface area contributed by atoms with E-state index in [0.717, 1.165) is 17.9 Å². The maximum Gasteiger partial charge on any atom is 0.225 e. The second kappa shape index (κ2) is 9.27. The molecule has 0 saturated carbocycles. The van der Waals surface area contributed by atoms with E-state index in [2.05, 4.69) is 22.8 Å². The van der Waals surface area contributed by atoms with Crippen LogP contribution in [0.15, 0.2) is 54.6 Å². The largest absolute Gasteiger partial charge is 0.492 e. The van der Waals surface area contributed by atoms with Gasteiger partial charge >= 0.3 is 0 Å². The van der Waals surface area contributed by atoms with E-state index in [1.807, 2.05) is 70.2 Å². The third-order valence-corrected chi connectivity index (χ3v) is 4.12. The Kier molecular flexibility index (Phi) is 7.07. The topological polar surface area (TPSA) is 50.4 Å². The molecule has 2 aromatic rings. The van der Waals surface area contributed by atoms with Crippen LogP contribution in [0.3, 0.4) is 0 Å². The van der Waals surface area contributed by atoms with Crippen LogP contribution in [-0.2, 0) is 4.79 Å². The summed E-state index contributed by atoms with van der Waals surface area (Å²) < 4.78 is 5.73. The van der Waals surface area contributed by atoms with E-state index in [1.54, 1.807) is 0 Å². The molecule has 2 aromatic carbocycles. The van der Waals surface area contributed by atoms with E-state index in [0.29, 0.717) is 13.2 Å². The van der Waals surface area contributed by atoms with E-state index in [9.17, 15) is 4.79 Å². The van der Waals surface area contributed by atoms with Crippen LogP contribution < -0.4 is 15.4 Å². The van der Waals surface area contributed by atoms with Crippen molar-refractivity contribution >= 4 is 11.6 Å². The van der Waals surface area contributed by atoms with Gasteiger partial charge in [0.1, 0.15) is 5.75 Å². The van der Waals surface area contributed by atoms with Gasteiger partial charge in [0.25, 0.3) is 0 Å². The predicted octanol–water partition coefficient (Wildman–Crippen LogP) is 4.79. The van der Waals surface area contributed by atoms with Crippen LogP contribution in [-0.4, -0.2) is 19.1 Å². The Labute approximate surface area is 157 Å². The Morgan fingerprint density at radius 3 is 2.35 bits per heavy atom. The number of benzene rings is 2. The highest BCUT2D eigenvalue weighted by molar-refractivity contribution is 5.81. The van der Waals surface area contributed by atoms with Crippen molar-refractivity contribution < 1.29 is 9.53 Å². The minimum absolute atomic E-state index is 0.0685. The molecule has 4 heteroatoms. The molecule has 0 aliphatic heterocycles. The van der Waals surface area contributed by atoms with Crippen LogP contribution in [0.25, 0.3) is 0 Å². The summed E-state index contributed by atoms with van der Waals surface area (Å²) in [5, 5.41) is 6.62. The number of carbonyl (C=O) groups excluding carboxylic acids is 1. The smallest absolute Gasteiger partial charge is 0.225 e. The number of hydrogen-bond donors (Lipinski definition) is 2. The van der Waals surface area contributed by atoms with Crippen molar-refractivity contribution in [3.63, 3.8) is 0 Å². The Balaban J connectivity index is 2.11. The maximum atomic E-state index is 12.1. The molecule has 0 bridgehead atoms. The molecule has 1 unspecified atom stereocenters. The van der Waals surface area contributed by atoms with Gasteiger partial charge in [-0.1, -0.05) is 63.2 Å². The molecule has 2 N–H and O–H groups in total. The molecule has 0 aromatic heterocycles. The van der Waals surface area contributed by atoms with Crippen LogP contribution in [0.4, 0.5) is 5.69 Å². The average Bonchev–Trinajstić information content (AvgIpc) is 2.62. The summed E-state index contributed by atoms with van der Waals surface area (Å²) in [5.41, 5.74) is 1.77. The normalized spacial score (nSPS) is 12.3. The highest BCUT2D eigenvalue weighted by atomic mass is 16.5. The van der Waals surface area contributed by atoms with Crippen LogP contribution >= 0.6 is 0 Å². The fraction of sp³-hybridized carbons (Fsp3) is 0.409. The van der Waals surface area contributed by atoms with E-state index in [1.165, 1.54) is 5.56 Å². The fourth-order valence-corrected chi connectivity index (χ4v) is 2.66. The lowest BCUT2D eigenvalue weighted by Crippen LogP contribution is -2.36. The summed E-state index contributed by atoms with van der Waals surface area (Å²) in [5.74, 6) is 0.911. The Bertz CT molecular complexity index is 693. The van der Waals surface area contributed by atoms with Gasteiger partial charge in [-0.05, 0) is 31.0 Å². The summed E-state index contributed by atoms with van der Waals surface area (Å²) >= 11 is 0. The van der Waals surface area contributed by atoms with Gasteiger partial charge in [0.05, 0.1) is 18.3 Å². The predicted molar refractivity (Wildman–Crippen MR) is 107 cm³/mol. The lowest BCUT2D eigenvalue weighted by molar-refractivity contribution is -0.128. The van der Waals surface area contributed by atoms with Crippen molar-refractivity contribution in [1.29, 1.82) is 0 Å². The Hall–Kier alpha value is -2.49. The zero-order chi connectivity index (χ0) is 19.0. The van der Waals surface area contributed by atoms with E-state index in [4.69, 9.17) is 4.74 Å². The van der Waals surface area contributed by atoms with Crippen molar-refractivity contribution in [3.8, 4) is 5.75 Å². The summed E-state index contributed by atoms with van der Waals surface area (Å²) in [6.07, 6.45) is 0.784. The van der Waals surface area contributed by atoms with Gasteiger partial charge in [-0.15, -0.1) is 0 Å². The summed E-state index contributed by atoms with van der Waals surface area (Å²) in [7, 11) is 0. The van der Waals surface area contributed by atoms with E-state index < -0.39 is 0 Å². The average molecular weight is 354 g/mol. The second-order valence-corrected chi connectivity index (χ2v) is 7.33. The third-order valence-electron chi connectivity index (χ3n) is 4.12. The molecule has 0 aliphatic carbocycles. The minimum Gasteiger partial charge on any atom is -0.492 e. The maximum absolute atomic E-state index is 12.1. The van der Waals surface area contributed by atoms with Gasteiger partial charge in [0.2, 0.25) is 5.91 Å². The molecule has 0 aliphatic rings. The zero-order valence-corrected chi connectivity index (χ0v) is 16.2. The first-order valence-electron chi connectivity index (χ1n) is 9.23. The number of hydrogen-bond acceptors (Lipinski definition) is 3. The molecule has 0 radical (unpaired) electrons. The molecule has 0 saturated heterocycles. The highest BCUT2D eigenvalue weighted by Gasteiger charge is 2.21. The molecule has 26 heavy (non-hydrogen) atoms. The number of amides is 1. The molecular weight excluding hydrogens is 324 g/mol. The van der Waals surface area contributed by atoms with Gasteiger partial charge < -0.3 is 15.4 Å². The number of rotatable bonds is 8. The number of anilines is 1. The lowest BCUT2D eigenvalue weighted by Gasteiger charge is -2.24. The highest BCUT2D eigenvalue weighted by Crippen LogP contribution is 2.29. The van der Waals surface area contributed by atoms with E-state index >= 15 is 0 Å². The summed E-state index contributed by atoms with van der Waals surface area (Å²) in [4.78, 5) is 12.1. The fourth-order valence-electron chi connectivity index (χ4n) is 2.66. The third kappa shape index (κ3) is 5.80. The molecule has 0 spiro atoms. The summed E-state index contributed by atoms with van der Waals surface area (Å²) in [6, 6.07) is 18.3. The Morgan fingerprint density at radius 1 is 1.04 bits per heavy atom. The second-order valence-electron chi connectivity index (χ2n) is 7.33. The quantitative estimate of drug-likeness (QED) is 0.716. The van der Waals surface area contributed by atoms with Gasteiger partial charge in [-0.2, -0.15) is 0 Å². The van der Waals surface area contributed by atoms with Crippen LogP contribution in [0.1, 0.15) is 45.7 Å². The SMILES string of the molecule is CCOc1ccccc1NC(CCNC(=O)C(C)(C)C)c1ccccc1. The zero-order valence-electron chi connectivity index (χ0n) is 16.2. The lowest BCUT2D eigenvalue weighted by atomic mass is 9.95. The van der Waals surface area contributed by atoms with E-state index in [-0.39, 0.29) is 17.4 Å². The van der Waals surface area contributed by atoms with Crippen molar-refractivity contribution in [3.05, 3.63) is 60.2 Å². The first-order chi connectivity index (χ1) is 12.4. The summed E-state index contributed by atoms with van der Waals surface area (Å²) in [6.45, 7) is 8.98. The van der Waals surface area contributed by atoms with Gasteiger partial charge in [-0.3, -0.25) is 4.79 Å². The van der Waals surface area contributed by atoms with Gasteiger partial charge in [0, 0.05) is 12.0 Å². The van der Waals surface area contributed by atoms with Crippen molar-refractivity contribution in [2.75, 3.05) is 18.5 Å². The van der Waals surface area contributed by atoms with Crippen molar-refractivity contribution in [2.45, 2.75) is 40.2 Å². The molecule has 4 nitrogen and oxygen atoms in total. The minimum atomic E-state index is -0.378. The van der Waals surface area contributed by atoms with Crippen LogP contribution in [0.2, 0.25) is 0 Å². The molecular formula is C22H30N2O2. The van der Waals surface area contributed by atoms with Crippen LogP contribution in [0.5, 0.6) is 5.75 Å². The molecule has 0 heterocycles. The standard InChI is InChI=1S/C22H30N2O2/c1-5-26-20-14-10-9-13-19(20)24-18(17-11-7-6-8-12-17)15-16-23-21(25)22(2,3)4/h6-14,18,24H,5,15-16H2,1-4H3,(H,23,25). The van der Waals surface area contributed by atoms with Gasteiger partial charge in [-0.25, -0.2) is 0 Å². The van der Waals surface area contributed by atoms with Crippen molar-refractivity contribution in [1.82, 2.24) is 5.32 Å². The molecule has 1 atom stereocenters. The molecule has 2 rings (SSSR count). The van der Waals surface area contributed by atoms with Crippen molar-refractivity contribution in [2.24, 2.45) is 5.41 Å². The number of para-hydroxylation sites is 2. The molecule has 0 fully saturated rings. The monoisotopic (exact) mass is 354 g/mol. The Morgan fingerprint density at radius 2 is 1.69 bits per heavy atom. The first kappa shape index (κ1) is 19.8. The van der Waals surface area contributed by atoms with Crippen LogP contribution in [0, 0.1) is 5.41 Å². The molecule has 140 valence electrons. The first-order valence-corrected chi connectivity index (χ1v) is 9.23. The number of ether oxygens (including phenoxy) is 1. The number of nitrogens with one attached hydrogen (secondary N) is 2. The van der Waals surface area contributed by atoms with Gasteiger partial charge in [0.15, 0.2) is 0 Å².